The van der Waals surface area contributed by atoms with Crippen LogP contribution >= 0.6 is 0 Å². The molecule has 5 rings (SSSR count). The predicted molar refractivity (Wildman–Crippen MR) is 111 cm³/mol. The van der Waals surface area contributed by atoms with Gasteiger partial charge in [0.15, 0.2) is 0 Å². The van der Waals surface area contributed by atoms with Crippen molar-refractivity contribution < 1.29 is 14.4 Å². The Balaban J connectivity index is 1.23. The number of carbonyl (C=O) groups is 3. The van der Waals surface area contributed by atoms with Gasteiger partial charge in [0.2, 0.25) is 5.91 Å². The van der Waals surface area contributed by atoms with E-state index in [0.717, 1.165) is 31.2 Å². The molecule has 1 heterocycles. The van der Waals surface area contributed by atoms with E-state index in [0.29, 0.717) is 12.1 Å². The summed E-state index contributed by atoms with van der Waals surface area (Å²) >= 11 is 0. The number of aryl methyl sites for hydroxylation is 1. The first-order valence-corrected chi connectivity index (χ1v) is 10.5. The SMILES string of the molecule is CC1(c2ccc(CNC(=O)C3CC34CCCc3ccccc34)cc2)NC(=O)NC1=O. The number of rotatable bonds is 4. The van der Waals surface area contributed by atoms with E-state index in [2.05, 4.69) is 40.2 Å². The Morgan fingerprint density at radius 2 is 1.90 bits per heavy atom. The number of amides is 4. The summed E-state index contributed by atoms with van der Waals surface area (Å²) in [5, 5.41) is 8.02. The molecular formula is C24H25N3O3. The summed E-state index contributed by atoms with van der Waals surface area (Å²) in [6.07, 6.45) is 4.27. The van der Waals surface area contributed by atoms with E-state index in [1.807, 2.05) is 24.3 Å². The molecule has 6 nitrogen and oxygen atoms in total. The van der Waals surface area contributed by atoms with Gasteiger partial charge >= 0.3 is 6.03 Å². The minimum atomic E-state index is -1.06. The van der Waals surface area contributed by atoms with Gasteiger partial charge in [0, 0.05) is 17.9 Å². The second kappa shape index (κ2) is 6.69. The fraction of sp³-hybridized carbons (Fsp3) is 0.375. The van der Waals surface area contributed by atoms with Gasteiger partial charge in [-0.1, -0.05) is 48.5 Å². The molecule has 1 saturated carbocycles. The van der Waals surface area contributed by atoms with Crippen molar-refractivity contribution in [3.63, 3.8) is 0 Å². The summed E-state index contributed by atoms with van der Waals surface area (Å²) in [5.74, 6) is -0.194. The fourth-order valence-corrected chi connectivity index (χ4v) is 5.19. The van der Waals surface area contributed by atoms with Gasteiger partial charge in [-0.2, -0.15) is 0 Å². The van der Waals surface area contributed by atoms with Gasteiger partial charge in [0.25, 0.3) is 5.91 Å². The first kappa shape index (κ1) is 18.9. The van der Waals surface area contributed by atoms with E-state index in [-0.39, 0.29) is 23.1 Å². The third-order valence-corrected chi connectivity index (χ3v) is 7.06. The highest BCUT2D eigenvalue weighted by atomic mass is 16.2. The van der Waals surface area contributed by atoms with E-state index >= 15 is 0 Å². The molecule has 4 amide bonds. The lowest BCUT2D eigenvalue weighted by atomic mass is 9.78. The van der Waals surface area contributed by atoms with E-state index in [9.17, 15) is 14.4 Å². The lowest BCUT2D eigenvalue weighted by Crippen LogP contribution is -2.40. The van der Waals surface area contributed by atoms with Crippen LogP contribution in [0.1, 0.15) is 48.4 Å². The summed E-state index contributed by atoms with van der Waals surface area (Å²) in [5.41, 5.74) is 3.40. The molecule has 2 aromatic carbocycles. The highest BCUT2D eigenvalue weighted by molar-refractivity contribution is 6.07. The summed E-state index contributed by atoms with van der Waals surface area (Å²) in [6, 6.07) is 15.5. The lowest BCUT2D eigenvalue weighted by molar-refractivity contribution is -0.124. The highest BCUT2D eigenvalue weighted by Crippen LogP contribution is 2.60. The molecule has 3 N–H and O–H groups in total. The minimum absolute atomic E-state index is 0.0332. The van der Waals surface area contributed by atoms with Crippen LogP contribution in [0.15, 0.2) is 48.5 Å². The molecule has 1 aliphatic heterocycles. The second-order valence-electron chi connectivity index (χ2n) is 8.87. The highest BCUT2D eigenvalue weighted by Gasteiger charge is 2.59. The van der Waals surface area contributed by atoms with Crippen molar-refractivity contribution in [3.05, 3.63) is 70.8 Å². The number of imide groups is 1. The van der Waals surface area contributed by atoms with Gasteiger partial charge in [-0.25, -0.2) is 4.79 Å². The molecule has 6 heteroatoms. The molecule has 3 unspecified atom stereocenters. The summed E-state index contributed by atoms with van der Waals surface area (Å²) in [6.45, 7) is 2.13. The number of hydrogen-bond donors (Lipinski definition) is 3. The Kier molecular flexibility index (Phi) is 4.20. The van der Waals surface area contributed by atoms with Crippen LogP contribution in [0.25, 0.3) is 0 Å². The number of fused-ring (bicyclic) bond motifs is 2. The first-order chi connectivity index (χ1) is 14.4. The molecular weight excluding hydrogens is 378 g/mol. The van der Waals surface area contributed by atoms with Crippen molar-refractivity contribution in [1.82, 2.24) is 16.0 Å². The number of nitrogens with one attached hydrogen (secondary N) is 3. The van der Waals surface area contributed by atoms with Crippen molar-refractivity contribution in [3.8, 4) is 0 Å². The molecule has 1 spiro atoms. The molecule has 2 fully saturated rings. The topological polar surface area (TPSA) is 87.3 Å². The van der Waals surface area contributed by atoms with Crippen molar-refractivity contribution in [2.75, 3.05) is 0 Å². The zero-order valence-electron chi connectivity index (χ0n) is 17.0. The van der Waals surface area contributed by atoms with E-state index in [4.69, 9.17) is 0 Å². The first-order valence-electron chi connectivity index (χ1n) is 10.5. The van der Waals surface area contributed by atoms with E-state index < -0.39 is 11.6 Å². The summed E-state index contributed by atoms with van der Waals surface area (Å²) in [7, 11) is 0. The van der Waals surface area contributed by atoms with Gasteiger partial charge in [-0.05, 0) is 54.9 Å². The molecule has 3 atom stereocenters. The number of benzene rings is 2. The monoisotopic (exact) mass is 403 g/mol. The Morgan fingerprint density at radius 3 is 2.63 bits per heavy atom. The Labute approximate surface area is 175 Å². The Bertz CT molecular complexity index is 1050. The van der Waals surface area contributed by atoms with Crippen LogP contribution in [-0.2, 0) is 33.5 Å². The van der Waals surface area contributed by atoms with Crippen LogP contribution < -0.4 is 16.0 Å². The van der Waals surface area contributed by atoms with Crippen LogP contribution in [0.4, 0.5) is 4.79 Å². The maximum absolute atomic E-state index is 12.9. The van der Waals surface area contributed by atoms with Gasteiger partial charge in [-0.3, -0.25) is 14.9 Å². The predicted octanol–water partition coefficient (Wildman–Crippen LogP) is 2.65. The summed E-state index contributed by atoms with van der Waals surface area (Å²) in [4.78, 5) is 36.4. The second-order valence-corrected chi connectivity index (χ2v) is 8.87. The van der Waals surface area contributed by atoms with Crippen molar-refractivity contribution in [2.45, 2.75) is 50.1 Å². The quantitative estimate of drug-likeness (QED) is 0.686. The summed E-state index contributed by atoms with van der Waals surface area (Å²) < 4.78 is 0. The molecule has 2 aliphatic carbocycles. The molecule has 0 bridgehead atoms. The molecule has 2 aromatic rings. The van der Waals surface area contributed by atoms with Gasteiger partial charge in [0.1, 0.15) is 5.54 Å². The number of carbonyl (C=O) groups excluding carboxylic acids is 3. The molecule has 1 saturated heterocycles. The average Bonchev–Trinajstić information content (AvgIpc) is 3.39. The van der Waals surface area contributed by atoms with Crippen molar-refractivity contribution in [2.24, 2.45) is 5.92 Å². The molecule has 30 heavy (non-hydrogen) atoms. The third-order valence-electron chi connectivity index (χ3n) is 7.06. The van der Waals surface area contributed by atoms with Crippen LogP contribution in [0.2, 0.25) is 0 Å². The third kappa shape index (κ3) is 2.90. The Hall–Kier alpha value is -3.15. The molecule has 0 radical (unpaired) electrons. The largest absolute Gasteiger partial charge is 0.352 e. The molecule has 154 valence electrons. The maximum atomic E-state index is 12.9. The smallest absolute Gasteiger partial charge is 0.322 e. The van der Waals surface area contributed by atoms with E-state index in [1.54, 1.807) is 6.92 Å². The van der Waals surface area contributed by atoms with Crippen LogP contribution in [-0.4, -0.2) is 17.8 Å². The van der Waals surface area contributed by atoms with Gasteiger partial charge in [0.05, 0.1) is 0 Å². The molecule has 3 aliphatic rings. The lowest BCUT2D eigenvalue weighted by Gasteiger charge is -2.26. The maximum Gasteiger partial charge on any atom is 0.322 e. The zero-order valence-corrected chi connectivity index (χ0v) is 17.0. The fourth-order valence-electron chi connectivity index (χ4n) is 5.19. The van der Waals surface area contributed by atoms with Crippen LogP contribution in [0.5, 0.6) is 0 Å². The van der Waals surface area contributed by atoms with Crippen molar-refractivity contribution >= 4 is 17.8 Å². The minimum Gasteiger partial charge on any atom is -0.352 e. The van der Waals surface area contributed by atoms with E-state index in [1.165, 1.54) is 11.1 Å². The Morgan fingerprint density at radius 1 is 1.13 bits per heavy atom. The van der Waals surface area contributed by atoms with Gasteiger partial charge < -0.3 is 10.6 Å². The average molecular weight is 403 g/mol. The van der Waals surface area contributed by atoms with Gasteiger partial charge in [-0.15, -0.1) is 0 Å². The number of urea groups is 1. The standard InChI is InChI=1S/C24H25N3O3/c1-23(21(29)26-22(30)27-23)17-10-8-15(9-11-17)14-25-20(28)19-13-24(19)12-4-6-16-5-2-3-7-18(16)24/h2-3,5,7-11,19H,4,6,12-14H2,1H3,(H,25,28)(H2,26,27,29,30). The normalized spacial score (nSPS) is 29.2. The van der Waals surface area contributed by atoms with Crippen LogP contribution in [0, 0.1) is 5.92 Å². The van der Waals surface area contributed by atoms with Crippen molar-refractivity contribution in [1.29, 1.82) is 0 Å². The number of hydrogen-bond acceptors (Lipinski definition) is 3. The zero-order chi connectivity index (χ0) is 20.9. The molecule has 0 aromatic heterocycles. The van der Waals surface area contributed by atoms with Crippen LogP contribution in [0.3, 0.4) is 0 Å².